The molecule has 16 heavy (non-hydrogen) atoms. The summed E-state index contributed by atoms with van der Waals surface area (Å²) in [6.45, 7) is 4.39. The van der Waals surface area contributed by atoms with Crippen molar-refractivity contribution in [3.05, 3.63) is 0 Å². The molecule has 1 rings (SSSR count). The van der Waals surface area contributed by atoms with Gasteiger partial charge in [-0.15, -0.1) is 0 Å². The van der Waals surface area contributed by atoms with E-state index in [1.54, 1.807) is 0 Å². The fourth-order valence-electron chi connectivity index (χ4n) is 1.92. The van der Waals surface area contributed by atoms with Crippen LogP contribution in [0.2, 0.25) is 0 Å². The van der Waals surface area contributed by atoms with Gasteiger partial charge in [0.05, 0.1) is 18.4 Å². The molecule has 0 aromatic heterocycles. The van der Waals surface area contributed by atoms with Crippen molar-refractivity contribution in [3.63, 3.8) is 0 Å². The van der Waals surface area contributed by atoms with E-state index in [1.807, 2.05) is 13.8 Å². The summed E-state index contributed by atoms with van der Waals surface area (Å²) in [5.41, 5.74) is 2.34. The molecule has 92 valence electrons. The predicted octanol–water partition coefficient (Wildman–Crippen LogP) is 1.19. The first kappa shape index (κ1) is 13.0. The molecule has 5 heteroatoms. The lowest BCUT2D eigenvalue weighted by Crippen LogP contribution is -2.35. The van der Waals surface area contributed by atoms with Crippen LogP contribution in [0.3, 0.4) is 0 Å². The first-order chi connectivity index (χ1) is 7.52. The number of aliphatic carboxylic acids is 1. The number of carbonyl (C=O) groups excluding carboxylic acids is 1. The van der Waals surface area contributed by atoms with Gasteiger partial charge >= 0.3 is 5.97 Å². The van der Waals surface area contributed by atoms with Gasteiger partial charge in [-0.1, -0.05) is 20.3 Å². The molecule has 0 spiro atoms. The highest BCUT2D eigenvalue weighted by Gasteiger charge is 2.37. The minimum atomic E-state index is -0.887. The fourth-order valence-corrected chi connectivity index (χ4v) is 1.92. The van der Waals surface area contributed by atoms with Crippen LogP contribution in [0, 0.1) is 17.8 Å². The minimum Gasteiger partial charge on any atom is -0.481 e. The largest absolute Gasteiger partial charge is 0.481 e. The number of hydrogen-bond donors (Lipinski definition) is 2. The average molecular weight is 229 g/mol. The summed E-state index contributed by atoms with van der Waals surface area (Å²) in [4.78, 5) is 27.5. The van der Waals surface area contributed by atoms with Gasteiger partial charge in [-0.25, -0.2) is 5.48 Å². The van der Waals surface area contributed by atoms with Crippen LogP contribution in [0.5, 0.6) is 0 Å². The molecular formula is C11H19NO4. The lowest BCUT2D eigenvalue weighted by atomic mass is 9.96. The van der Waals surface area contributed by atoms with Gasteiger partial charge < -0.3 is 5.11 Å². The molecule has 0 heterocycles. The van der Waals surface area contributed by atoms with Crippen LogP contribution in [0.15, 0.2) is 0 Å². The van der Waals surface area contributed by atoms with Gasteiger partial charge in [0.1, 0.15) is 0 Å². The van der Waals surface area contributed by atoms with Crippen molar-refractivity contribution in [1.82, 2.24) is 5.48 Å². The zero-order valence-corrected chi connectivity index (χ0v) is 9.73. The van der Waals surface area contributed by atoms with Crippen molar-refractivity contribution in [2.45, 2.75) is 33.1 Å². The highest BCUT2D eigenvalue weighted by molar-refractivity contribution is 5.84. The topological polar surface area (TPSA) is 75.6 Å². The molecule has 0 aromatic carbocycles. The molecule has 1 aliphatic rings. The minimum absolute atomic E-state index is 0.300. The van der Waals surface area contributed by atoms with Gasteiger partial charge in [0, 0.05) is 0 Å². The van der Waals surface area contributed by atoms with E-state index in [0.717, 1.165) is 6.42 Å². The van der Waals surface area contributed by atoms with Crippen molar-refractivity contribution in [3.8, 4) is 0 Å². The fraction of sp³-hybridized carbons (Fsp3) is 0.818. The number of hydroxylamine groups is 1. The highest BCUT2D eigenvalue weighted by atomic mass is 16.7. The molecule has 0 bridgehead atoms. The van der Waals surface area contributed by atoms with Crippen LogP contribution >= 0.6 is 0 Å². The van der Waals surface area contributed by atoms with E-state index in [-0.39, 0.29) is 5.91 Å². The summed E-state index contributed by atoms with van der Waals surface area (Å²) in [6.07, 6.45) is 2.00. The van der Waals surface area contributed by atoms with E-state index in [1.165, 1.54) is 0 Å². The normalized spacial score (nSPS) is 24.7. The second-order valence-electron chi connectivity index (χ2n) is 4.65. The Morgan fingerprint density at radius 3 is 2.56 bits per heavy atom. The Morgan fingerprint density at radius 2 is 2.00 bits per heavy atom. The van der Waals surface area contributed by atoms with E-state index in [4.69, 9.17) is 9.94 Å². The molecule has 1 fully saturated rings. The van der Waals surface area contributed by atoms with Crippen LogP contribution in [-0.2, 0) is 14.4 Å². The Kier molecular flexibility index (Phi) is 4.73. The van der Waals surface area contributed by atoms with Crippen molar-refractivity contribution >= 4 is 11.9 Å². The van der Waals surface area contributed by atoms with E-state index in [9.17, 15) is 9.59 Å². The second kappa shape index (κ2) is 5.84. The van der Waals surface area contributed by atoms with E-state index in [0.29, 0.717) is 25.4 Å². The van der Waals surface area contributed by atoms with Gasteiger partial charge in [-0.05, 0) is 18.8 Å². The van der Waals surface area contributed by atoms with Crippen LogP contribution in [0.1, 0.15) is 33.1 Å². The van der Waals surface area contributed by atoms with Crippen LogP contribution in [0.4, 0.5) is 0 Å². The third-order valence-electron chi connectivity index (χ3n) is 2.76. The van der Waals surface area contributed by atoms with Crippen molar-refractivity contribution in [1.29, 1.82) is 0 Å². The van der Waals surface area contributed by atoms with Gasteiger partial charge in [0.15, 0.2) is 0 Å². The third kappa shape index (κ3) is 3.48. The Morgan fingerprint density at radius 1 is 1.38 bits per heavy atom. The summed E-state index contributed by atoms with van der Waals surface area (Å²) in [5.74, 6) is -1.85. The quantitative estimate of drug-likeness (QED) is 0.694. The number of amides is 1. The first-order valence-corrected chi connectivity index (χ1v) is 5.66. The maximum atomic E-state index is 11.6. The molecule has 0 aliphatic heterocycles. The summed E-state index contributed by atoms with van der Waals surface area (Å²) in [7, 11) is 0. The third-order valence-corrected chi connectivity index (χ3v) is 2.76. The molecular weight excluding hydrogens is 210 g/mol. The number of carboxylic acid groups (broad SMARTS) is 1. The van der Waals surface area contributed by atoms with Crippen LogP contribution in [-0.4, -0.2) is 23.6 Å². The second-order valence-corrected chi connectivity index (χ2v) is 4.65. The van der Waals surface area contributed by atoms with Crippen molar-refractivity contribution in [2.24, 2.45) is 17.8 Å². The molecule has 0 aromatic rings. The summed E-state index contributed by atoms with van der Waals surface area (Å²) >= 11 is 0. The van der Waals surface area contributed by atoms with Gasteiger partial charge in [0.25, 0.3) is 0 Å². The molecule has 1 saturated carbocycles. The zero-order chi connectivity index (χ0) is 12.1. The summed E-state index contributed by atoms with van der Waals surface area (Å²) in [5, 5.41) is 8.93. The molecule has 0 radical (unpaired) electrons. The van der Waals surface area contributed by atoms with E-state index in [2.05, 4.69) is 5.48 Å². The van der Waals surface area contributed by atoms with Crippen molar-refractivity contribution < 1.29 is 19.5 Å². The van der Waals surface area contributed by atoms with Gasteiger partial charge in [-0.3, -0.25) is 14.4 Å². The Bertz CT molecular complexity index is 265. The highest BCUT2D eigenvalue weighted by Crippen LogP contribution is 2.31. The van der Waals surface area contributed by atoms with Crippen LogP contribution in [0.25, 0.3) is 0 Å². The van der Waals surface area contributed by atoms with E-state index >= 15 is 0 Å². The lowest BCUT2D eigenvalue weighted by Gasteiger charge is -2.15. The standard InChI is InChI=1S/C11H19NO4/c1-7(2)6-16-12-10(13)8-4-3-5-9(8)11(14)15/h7-9H,3-6H2,1-2H3,(H,12,13)(H,14,15)/t8-,9+/m1/s1. The lowest BCUT2D eigenvalue weighted by molar-refractivity contribution is -0.150. The molecule has 0 unspecified atom stereocenters. The Balaban J connectivity index is 2.38. The number of rotatable bonds is 5. The van der Waals surface area contributed by atoms with E-state index < -0.39 is 17.8 Å². The maximum Gasteiger partial charge on any atom is 0.307 e. The molecule has 2 atom stereocenters. The predicted molar refractivity (Wildman–Crippen MR) is 57.4 cm³/mol. The number of hydrogen-bond acceptors (Lipinski definition) is 3. The average Bonchev–Trinajstić information content (AvgIpc) is 2.65. The number of nitrogens with one attached hydrogen (secondary N) is 1. The summed E-state index contributed by atoms with van der Waals surface area (Å²) in [6, 6.07) is 0. The zero-order valence-electron chi connectivity index (χ0n) is 9.73. The molecule has 5 nitrogen and oxygen atoms in total. The Labute approximate surface area is 95.1 Å². The first-order valence-electron chi connectivity index (χ1n) is 5.66. The number of carboxylic acids is 1. The molecule has 2 N–H and O–H groups in total. The molecule has 1 aliphatic carbocycles. The maximum absolute atomic E-state index is 11.6. The molecule has 0 saturated heterocycles. The monoisotopic (exact) mass is 229 g/mol. The van der Waals surface area contributed by atoms with Gasteiger partial charge in [-0.2, -0.15) is 0 Å². The molecule has 1 amide bonds. The van der Waals surface area contributed by atoms with Crippen LogP contribution < -0.4 is 5.48 Å². The van der Waals surface area contributed by atoms with Gasteiger partial charge in [0.2, 0.25) is 5.91 Å². The Hall–Kier alpha value is -1.10. The number of carbonyl (C=O) groups is 2. The van der Waals surface area contributed by atoms with Crippen molar-refractivity contribution in [2.75, 3.05) is 6.61 Å². The summed E-state index contributed by atoms with van der Waals surface area (Å²) < 4.78 is 0. The smallest absolute Gasteiger partial charge is 0.307 e. The SMILES string of the molecule is CC(C)CONC(=O)[C@@H]1CCC[C@@H]1C(=O)O.